The van der Waals surface area contributed by atoms with Crippen LogP contribution in [0.5, 0.6) is 23.0 Å². The first-order chi connectivity index (χ1) is 14.1. The van der Waals surface area contributed by atoms with Crippen LogP contribution in [0.3, 0.4) is 0 Å². The Bertz CT molecular complexity index is 906. The van der Waals surface area contributed by atoms with E-state index in [0.29, 0.717) is 36.1 Å². The molecule has 29 heavy (non-hydrogen) atoms. The van der Waals surface area contributed by atoms with Crippen LogP contribution in [0.15, 0.2) is 36.4 Å². The minimum absolute atomic E-state index is 0.0397. The van der Waals surface area contributed by atoms with Crippen LogP contribution in [-0.2, 0) is 17.8 Å². The number of hydrogen-bond donors (Lipinski definition) is 0. The largest absolute Gasteiger partial charge is 0.493 e. The lowest BCUT2D eigenvalue weighted by atomic mass is 9.99. The van der Waals surface area contributed by atoms with Gasteiger partial charge in [-0.3, -0.25) is 4.79 Å². The molecule has 1 heterocycles. The standard InChI is InChI=1S/C23H27NO5/c1-5-6-16-7-8-19(20(11-16)26-2)29-15-23(25)24-10-9-17-12-21(27-3)22(28-4)13-18(17)14-24/h5-8,11-13H,9-10,14-15H2,1-4H3/b6-5+. The average Bonchev–Trinajstić information content (AvgIpc) is 2.76. The summed E-state index contributed by atoms with van der Waals surface area (Å²) in [5.41, 5.74) is 3.25. The summed E-state index contributed by atoms with van der Waals surface area (Å²) in [6.07, 6.45) is 4.70. The van der Waals surface area contributed by atoms with Crippen LogP contribution in [-0.4, -0.2) is 45.3 Å². The highest BCUT2D eigenvalue weighted by Crippen LogP contribution is 2.33. The molecule has 1 amide bonds. The van der Waals surface area contributed by atoms with Crippen molar-refractivity contribution in [2.75, 3.05) is 34.5 Å². The molecule has 0 atom stereocenters. The number of fused-ring (bicyclic) bond motifs is 1. The predicted molar refractivity (Wildman–Crippen MR) is 112 cm³/mol. The molecule has 0 saturated heterocycles. The van der Waals surface area contributed by atoms with Crippen LogP contribution >= 0.6 is 0 Å². The quantitative estimate of drug-likeness (QED) is 0.713. The molecule has 0 unspecified atom stereocenters. The topological polar surface area (TPSA) is 57.2 Å². The lowest BCUT2D eigenvalue weighted by Crippen LogP contribution is -2.38. The molecule has 2 aromatic rings. The number of amides is 1. The Kier molecular flexibility index (Phi) is 6.65. The molecular weight excluding hydrogens is 370 g/mol. The van der Waals surface area contributed by atoms with Crippen LogP contribution < -0.4 is 18.9 Å². The molecule has 1 aliphatic heterocycles. The summed E-state index contributed by atoms with van der Waals surface area (Å²) >= 11 is 0. The average molecular weight is 397 g/mol. The minimum Gasteiger partial charge on any atom is -0.493 e. The summed E-state index contributed by atoms with van der Waals surface area (Å²) in [4.78, 5) is 14.5. The van der Waals surface area contributed by atoms with E-state index in [1.165, 1.54) is 5.56 Å². The van der Waals surface area contributed by atoms with Crippen molar-refractivity contribution in [3.63, 3.8) is 0 Å². The van der Waals surface area contributed by atoms with Crippen molar-refractivity contribution >= 4 is 12.0 Å². The van der Waals surface area contributed by atoms with Gasteiger partial charge in [0.1, 0.15) is 0 Å². The molecule has 0 N–H and O–H groups in total. The van der Waals surface area contributed by atoms with Crippen molar-refractivity contribution < 1.29 is 23.7 Å². The molecule has 0 bridgehead atoms. The van der Waals surface area contributed by atoms with E-state index in [9.17, 15) is 4.79 Å². The number of allylic oxidation sites excluding steroid dienone is 1. The van der Waals surface area contributed by atoms with Gasteiger partial charge in [-0.2, -0.15) is 0 Å². The number of methoxy groups -OCH3 is 3. The summed E-state index contributed by atoms with van der Waals surface area (Å²) in [7, 11) is 4.82. The zero-order chi connectivity index (χ0) is 20.8. The SMILES string of the molecule is C/C=C/c1ccc(OCC(=O)N2CCc3cc(OC)c(OC)cc3C2)c(OC)c1. The third kappa shape index (κ3) is 4.65. The van der Waals surface area contributed by atoms with Crippen LogP contribution in [0.1, 0.15) is 23.6 Å². The van der Waals surface area contributed by atoms with Crippen molar-refractivity contribution in [1.82, 2.24) is 4.90 Å². The van der Waals surface area contributed by atoms with E-state index >= 15 is 0 Å². The molecule has 0 fully saturated rings. The summed E-state index contributed by atoms with van der Waals surface area (Å²) < 4.78 is 21.9. The Hall–Kier alpha value is -3.15. The second kappa shape index (κ2) is 9.37. The van der Waals surface area contributed by atoms with Gasteiger partial charge >= 0.3 is 0 Å². The van der Waals surface area contributed by atoms with Crippen LogP contribution in [0.2, 0.25) is 0 Å². The lowest BCUT2D eigenvalue weighted by Gasteiger charge is -2.29. The van der Waals surface area contributed by atoms with Gasteiger partial charge in [0.25, 0.3) is 5.91 Å². The zero-order valence-corrected chi connectivity index (χ0v) is 17.4. The third-order valence-electron chi connectivity index (χ3n) is 4.97. The number of hydrogen-bond acceptors (Lipinski definition) is 5. The van der Waals surface area contributed by atoms with E-state index in [4.69, 9.17) is 18.9 Å². The summed E-state index contributed by atoms with van der Waals surface area (Å²) in [6.45, 7) is 3.08. The van der Waals surface area contributed by atoms with Gasteiger partial charge in [0.15, 0.2) is 29.6 Å². The number of nitrogens with zero attached hydrogens (tertiary/aromatic N) is 1. The van der Waals surface area contributed by atoms with Gasteiger partial charge in [0.2, 0.25) is 0 Å². The highest BCUT2D eigenvalue weighted by molar-refractivity contribution is 5.78. The summed E-state index contributed by atoms with van der Waals surface area (Å²) in [5.74, 6) is 2.47. The van der Waals surface area contributed by atoms with Gasteiger partial charge in [-0.25, -0.2) is 0 Å². The highest BCUT2D eigenvalue weighted by Gasteiger charge is 2.23. The maximum atomic E-state index is 12.7. The molecule has 6 heteroatoms. The maximum absolute atomic E-state index is 12.7. The normalized spacial score (nSPS) is 13.2. The van der Waals surface area contributed by atoms with E-state index in [1.807, 2.05) is 49.4 Å². The second-order valence-electron chi connectivity index (χ2n) is 6.74. The maximum Gasteiger partial charge on any atom is 0.260 e. The van der Waals surface area contributed by atoms with Crippen molar-refractivity contribution in [2.24, 2.45) is 0 Å². The number of rotatable bonds is 7. The van der Waals surface area contributed by atoms with Crippen molar-refractivity contribution in [1.29, 1.82) is 0 Å². The molecule has 6 nitrogen and oxygen atoms in total. The van der Waals surface area contributed by atoms with Crippen molar-refractivity contribution in [2.45, 2.75) is 19.9 Å². The van der Waals surface area contributed by atoms with Crippen LogP contribution in [0.25, 0.3) is 6.08 Å². The van der Waals surface area contributed by atoms with E-state index in [-0.39, 0.29) is 12.5 Å². The fraction of sp³-hybridized carbons (Fsp3) is 0.348. The van der Waals surface area contributed by atoms with Gasteiger partial charge in [-0.15, -0.1) is 0 Å². The molecular formula is C23H27NO5. The predicted octanol–water partition coefficient (Wildman–Crippen LogP) is 3.71. The van der Waals surface area contributed by atoms with Crippen molar-refractivity contribution in [3.8, 4) is 23.0 Å². The highest BCUT2D eigenvalue weighted by atomic mass is 16.5. The van der Waals surface area contributed by atoms with Gasteiger partial charge in [0, 0.05) is 13.1 Å². The number of benzene rings is 2. The van der Waals surface area contributed by atoms with Crippen molar-refractivity contribution in [3.05, 3.63) is 53.1 Å². The molecule has 3 rings (SSSR count). The van der Waals surface area contributed by atoms with Gasteiger partial charge in [0.05, 0.1) is 21.3 Å². The van der Waals surface area contributed by atoms with E-state index in [1.54, 1.807) is 26.2 Å². The summed E-state index contributed by atoms with van der Waals surface area (Å²) in [6, 6.07) is 9.57. The fourth-order valence-electron chi connectivity index (χ4n) is 3.43. The Morgan fingerprint density at radius 2 is 1.62 bits per heavy atom. The number of carbonyl (C=O) groups excluding carboxylic acids is 1. The Balaban J connectivity index is 1.67. The van der Waals surface area contributed by atoms with Gasteiger partial charge in [-0.05, 0) is 54.3 Å². The van der Waals surface area contributed by atoms with E-state index in [0.717, 1.165) is 17.5 Å². The summed E-state index contributed by atoms with van der Waals surface area (Å²) in [5, 5.41) is 0. The third-order valence-corrected chi connectivity index (χ3v) is 4.97. The van der Waals surface area contributed by atoms with Crippen LogP contribution in [0, 0.1) is 0 Å². The van der Waals surface area contributed by atoms with E-state index in [2.05, 4.69) is 0 Å². The Labute approximate surface area is 171 Å². The first kappa shape index (κ1) is 20.6. The molecule has 0 aromatic heterocycles. The van der Waals surface area contributed by atoms with Gasteiger partial charge < -0.3 is 23.8 Å². The second-order valence-corrected chi connectivity index (χ2v) is 6.74. The zero-order valence-electron chi connectivity index (χ0n) is 17.4. The molecule has 0 spiro atoms. The van der Waals surface area contributed by atoms with E-state index < -0.39 is 0 Å². The molecule has 1 aliphatic rings. The fourth-order valence-corrected chi connectivity index (χ4v) is 3.43. The number of ether oxygens (including phenoxy) is 4. The first-order valence-corrected chi connectivity index (χ1v) is 9.54. The lowest BCUT2D eigenvalue weighted by molar-refractivity contribution is -0.134. The van der Waals surface area contributed by atoms with Gasteiger partial charge in [-0.1, -0.05) is 18.2 Å². The molecule has 0 aliphatic carbocycles. The van der Waals surface area contributed by atoms with Crippen LogP contribution in [0.4, 0.5) is 0 Å². The smallest absolute Gasteiger partial charge is 0.260 e. The molecule has 154 valence electrons. The Morgan fingerprint density at radius 1 is 0.966 bits per heavy atom. The first-order valence-electron chi connectivity index (χ1n) is 9.54. The Morgan fingerprint density at radius 3 is 2.28 bits per heavy atom. The molecule has 0 saturated carbocycles. The molecule has 0 radical (unpaired) electrons. The monoisotopic (exact) mass is 397 g/mol. The minimum atomic E-state index is -0.0648. The molecule has 2 aromatic carbocycles. The number of carbonyl (C=O) groups is 1.